The van der Waals surface area contributed by atoms with Crippen LogP contribution < -0.4 is 4.74 Å². The first kappa shape index (κ1) is 35.3. The van der Waals surface area contributed by atoms with Gasteiger partial charge in [-0.2, -0.15) is 4.79 Å². The summed E-state index contributed by atoms with van der Waals surface area (Å²) < 4.78 is 6.38. The molecule has 0 aliphatic rings. The van der Waals surface area contributed by atoms with Gasteiger partial charge in [-0.25, -0.2) is 0 Å². The topological polar surface area (TPSA) is 65.9 Å². The zero-order valence-corrected chi connectivity index (χ0v) is 27.1. The zero-order valence-electron chi connectivity index (χ0n) is 25.4. The summed E-state index contributed by atoms with van der Waals surface area (Å²) >= 11 is 3.40. The fourth-order valence-electron chi connectivity index (χ4n) is 4.79. The molecule has 4 aromatic carbocycles. The quantitative estimate of drug-likeness (QED) is 0.0923. The van der Waals surface area contributed by atoms with Crippen LogP contribution in [-0.2, 0) is 0 Å². The Labute approximate surface area is 276 Å². The lowest BCUT2D eigenvalue weighted by atomic mass is 10.1. The molecule has 6 heteroatoms. The molecule has 0 bridgehead atoms. The Hall–Kier alpha value is -4.22. The third kappa shape index (κ3) is 10.4. The summed E-state index contributed by atoms with van der Waals surface area (Å²) in [6.45, 7) is 4.35. The first-order chi connectivity index (χ1) is 21.6. The second-order valence-electron chi connectivity index (χ2n) is 10.4. The van der Waals surface area contributed by atoms with Crippen LogP contribution in [0.3, 0.4) is 0 Å². The summed E-state index contributed by atoms with van der Waals surface area (Å²) in [5.41, 5.74) is 9.53. The predicted molar refractivity (Wildman–Crippen MR) is 195 cm³/mol. The van der Waals surface area contributed by atoms with Crippen LogP contribution in [0.1, 0.15) is 75.7 Å². The maximum Gasteiger partial charge on any atom is 0.308 e. The highest BCUT2D eigenvalue weighted by molar-refractivity contribution is 7.12. The van der Waals surface area contributed by atoms with Crippen molar-refractivity contribution in [2.75, 3.05) is 0 Å². The minimum atomic E-state index is 0. The Kier molecular flexibility index (Phi) is 15.1. The van der Waals surface area contributed by atoms with E-state index in [4.69, 9.17) is 10.3 Å². The van der Waals surface area contributed by atoms with Gasteiger partial charge in [0.25, 0.3) is 0 Å². The second-order valence-corrected chi connectivity index (χ2v) is 12.3. The number of fused-ring (bicyclic) bond motifs is 2. The molecule has 4 nitrogen and oxygen atoms in total. The molecule has 0 amide bonds. The van der Waals surface area contributed by atoms with E-state index in [1.807, 2.05) is 53.9 Å². The third-order valence-electron chi connectivity index (χ3n) is 7.16. The van der Waals surface area contributed by atoms with Crippen LogP contribution in [0.25, 0.3) is 27.1 Å². The highest BCUT2D eigenvalue weighted by Crippen LogP contribution is 2.33. The van der Waals surface area contributed by atoms with E-state index in [0.717, 1.165) is 52.8 Å². The Morgan fingerprint density at radius 2 is 1.36 bits per heavy atom. The summed E-state index contributed by atoms with van der Waals surface area (Å²) in [5.74, 6) is 1.34. The normalized spacial score (nSPS) is 10.8. The van der Waals surface area contributed by atoms with Crippen LogP contribution >= 0.6 is 22.7 Å². The van der Waals surface area contributed by atoms with Crippen molar-refractivity contribution in [1.29, 1.82) is 0 Å². The lowest BCUT2D eigenvalue weighted by Crippen LogP contribution is -2.06. The molecule has 2 aromatic heterocycles. The molecule has 0 radical (unpaired) electrons. The number of hydrogen-bond acceptors (Lipinski definition) is 4. The molecular weight excluding hydrogens is 593 g/mol. The van der Waals surface area contributed by atoms with Crippen molar-refractivity contribution in [3.63, 3.8) is 0 Å². The van der Waals surface area contributed by atoms with Crippen LogP contribution in [-0.4, -0.2) is 15.6 Å². The van der Waals surface area contributed by atoms with E-state index in [0.29, 0.717) is 5.75 Å². The Bertz CT molecular complexity index is 1730. The minimum Gasteiger partial charge on any atom is -0.507 e. The van der Waals surface area contributed by atoms with Crippen LogP contribution in [0.5, 0.6) is 11.5 Å². The molecule has 6 rings (SSSR count). The second kappa shape index (κ2) is 19.2. The van der Waals surface area contributed by atoms with Crippen molar-refractivity contribution >= 4 is 49.9 Å². The number of unbranched alkanes of at least 4 members (excludes halogenated alkanes) is 2. The van der Waals surface area contributed by atoms with E-state index < -0.39 is 0 Å². The molecule has 0 spiro atoms. The first-order valence-corrected chi connectivity index (χ1v) is 17.0. The number of phenols is 1. The van der Waals surface area contributed by atoms with E-state index in [2.05, 4.69) is 78.6 Å². The molecule has 45 heavy (non-hydrogen) atoms. The lowest BCUT2D eigenvalue weighted by Gasteiger charge is -2.19. The summed E-state index contributed by atoms with van der Waals surface area (Å²) in [7, 11) is 0. The van der Waals surface area contributed by atoms with Gasteiger partial charge in [-0.15, -0.1) is 22.7 Å². The van der Waals surface area contributed by atoms with Crippen molar-refractivity contribution in [1.82, 2.24) is 0 Å². The Morgan fingerprint density at radius 3 is 1.98 bits per heavy atom. The van der Waals surface area contributed by atoms with Gasteiger partial charge in [0.2, 0.25) is 0 Å². The highest BCUT2D eigenvalue weighted by atomic mass is 32.1. The number of aromatic hydroxyl groups is 1. The largest absolute Gasteiger partial charge is 0.507 e. The smallest absolute Gasteiger partial charge is 0.308 e. The van der Waals surface area contributed by atoms with Crippen molar-refractivity contribution < 1.29 is 14.6 Å². The number of thiophene rings is 2. The zero-order chi connectivity index (χ0) is 31.0. The van der Waals surface area contributed by atoms with E-state index in [1.54, 1.807) is 28.7 Å². The molecule has 0 saturated heterocycles. The predicted octanol–water partition coefficient (Wildman–Crippen LogP) is 12.4. The van der Waals surface area contributed by atoms with Gasteiger partial charge >= 0.3 is 5.71 Å². The molecule has 6 aromatic rings. The monoisotopic (exact) mass is 636 g/mol. The molecule has 1 N–H and O–H groups in total. The number of rotatable bonds is 10. The summed E-state index contributed by atoms with van der Waals surface area (Å²) in [5, 5.41) is 17.9. The van der Waals surface area contributed by atoms with Gasteiger partial charge in [0.05, 0.1) is 6.42 Å². The van der Waals surface area contributed by atoms with Gasteiger partial charge in [-0.05, 0) is 65.1 Å². The maximum absolute atomic E-state index is 9.37. The Morgan fingerprint density at radius 1 is 0.733 bits per heavy atom. The van der Waals surface area contributed by atoms with Crippen molar-refractivity contribution in [2.24, 2.45) is 0 Å². The molecular formula is C39H44N2O2S2. The first-order valence-electron chi connectivity index (χ1n) is 15.2. The van der Waals surface area contributed by atoms with Gasteiger partial charge in [-0.1, -0.05) is 119 Å². The molecule has 1 atom stereocenters. The van der Waals surface area contributed by atoms with E-state index in [1.165, 1.54) is 28.5 Å². The fourth-order valence-corrected chi connectivity index (χ4v) is 6.32. The number of nitrogens with zero attached hydrogens (tertiary/aromatic N) is 2. The molecule has 234 valence electrons. The van der Waals surface area contributed by atoms with E-state index >= 15 is 0 Å². The molecule has 0 unspecified atom stereocenters. The summed E-state index contributed by atoms with van der Waals surface area (Å²) in [6, 6.07) is 36.2. The van der Waals surface area contributed by atoms with Crippen LogP contribution in [0.4, 0.5) is 0 Å². The van der Waals surface area contributed by atoms with Crippen molar-refractivity contribution in [2.45, 2.75) is 65.9 Å². The Balaban J connectivity index is 0.000000197. The van der Waals surface area contributed by atoms with Crippen LogP contribution in [0.2, 0.25) is 0 Å². The van der Waals surface area contributed by atoms with Crippen molar-refractivity contribution in [3.05, 3.63) is 135 Å². The van der Waals surface area contributed by atoms with E-state index in [9.17, 15) is 5.11 Å². The minimum absolute atomic E-state index is 0. The standard InChI is InChI=1S/C19H20OS.C10H8O.C9H12N2S.CH4/c1-2-3-11-18(19-13-7-14-21-19)20-17-12-6-9-15-8-4-5-10-16(15)17;11-10-7-3-5-8-4-1-2-6-9(8)10;1-2-3-5-8(11-10)9-6-4-7-12-9;/h4-10,12-14,18H,2-3,11H2,1H3;1-7,11H;4,6-7H,2-3,5H2,1H3;1H4/t18-;;;/m0.../s1. The molecule has 0 aliphatic carbocycles. The van der Waals surface area contributed by atoms with Crippen LogP contribution in [0, 0.1) is 0 Å². The number of ether oxygens (including phenoxy) is 1. The summed E-state index contributed by atoms with van der Waals surface area (Å²) in [4.78, 5) is 5.69. The number of phenolic OH excluding ortho intramolecular Hbond substituents is 1. The SMILES string of the molecule is C.CCCCC(=[N+]=[N-])c1cccs1.CCCC[C@H](Oc1cccc2ccccc12)c1cccs1.Oc1cccc2ccccc12. The van der Waals surface area contributed by atoms with Gasteiger partial charge in [0.1, 0.15) is 22.5 Å². The van der Waals surface area contributed by atoms with E-state index in [-0.39, 0.29) is 13.5 Å². The molecule has 2 heterocycles. The highest BCUT2D eigenvalue weighted by Gasteiger charge is 2.15. The maximum atomic E-state index is 9.37. The molecule has 0 fully saturated rings. The summed E-state index contributed by atoms with van der Waals surface area (Å²) in [6.07, 6.45) is 6.69. The van der Waals surface area contributed by atoms with Gasteiger partial charge in [0.15, 0.2) is 0 Å². The average Bonchev–Trinajstić information content (AvgIpc) is 3.80. The number of hydrogen-bond donors (Lipinski definition) is 1. The fraction of sp³-hybridized carbons (Fsp3) is 0.256. The van der Waals surface area contributed by atoms with Gasteiger partial charge < -0.3 is 15.4 Å². The average molecular weight is 637 g/mol. The molecule has 0 saturated carbocycles. The lowest BCUT2D eigenvalue weighted by molar-refractivity contribution is -0.00679. The van der Waals surface area contributed by atoms with Crippen LogP contribution in [0.15, 0.2) is 120 Å². The molecule has 0 aliphatic heterocycles. The van der Waals surface area contributed by atoms with Gasteiger partial charge in [0, 0.05) is 15.6 Å². The van der Waals surface area contributed by atoms with Crippen molar-refractivity contribution in [3.8, 4) is 11.5 Å². The number of benzene rings is 4. The third-order valence-corrected chi connectivity index (χ3v) is 9.04. The van der Waals surface area contributed by atoms with Gasteiger partial charge in [-0.3, -0.25) is 0 Å².